The molecule has 0 radical (unpaired) electrons. The average Bonchev–Trinajstić information content (AvgIpc) is 3.21. The van der Waals surface area contributed by atoms with Crippen molar-refractivity contribution in [2.45, 2.75) is 46.1 Å². The van der Waals surface area contributed by atoms with Crippen molar-refractivity contribution in [3.05, 3.63) is 29.8 Å². The van der Waals surface area contributed by atoms with Crippen molar-refractivity contribution >= 4 is 44.3 Å². The molecule has 9 heteroatoms. The summed E-state index contributed by atoms with van der Waals surface area (Å²) in [6.45, 7) is 11.2. The molecule has 2 N–H and O–H groups in total. The van der Waals surface area contributed by atoms with E-state index in [4.69, 9.17) is 0 Å². The maximum Gasteiger partial charge on any atom is 0.319 e. The first kappa shape index (κ1) is 25.4. The van der Waals surface area contributed by atoms with Crippen LogP contribution >= 0.6 is 11.3 Å². The third kappa shape index (κ3) is 5.95. The van der Waals surface area contributed by atoms with Gasteiger partial charge < -0.3 is 15.1 Å². The van der Waals surface area contributed by atoms with E-state index in [0.717, 1.165) is 49.1 Å². The first-order valence-electron chi connectivity index (χ1n) is 12.7. The highest BCUT2D eigenvalue weighted by Crippen LogP contribution is 2.36. The van der Waals surface area contributed by atoms with E-state index in [1.165, 1.54) is 11.3 Å². The molecule has 190 valence electrons. The van der Waals surface area contributed by atoms with Gasteiger partial charge in [-0.25, -0.2) is 4.79 Å². The van der Waals surface area contributed by atoms with Crippen molar-refractivity contribution in [3.8, 4) is 0 Å². The molecule has 1 aromatic carbocycles. The smallest absolute Gasteiger partial charge is 0.319 e. The van der Waals surface area contributed by atoms with Crippen molar-refractivity contribution in [3.63, 3.8) is 0 Å². The molecule has 2 aliphatic rings. The fraction of sp³-hybridized carbons (Fsp3) is 0.577. The molecular weight excluding hydrogens is 462 g/mol. The number of nitrogens with zero attached hydrogens (tertiary/aromatic N) is 3. The van der Waals surface area contributed by atoms with Gasteiger partial charge >= 0.3 is 6.03 Å². The molecule has 1 aromatic heterocycles. The molecule has 2 fully saturated rings. The van der Waals surface area contributed by atoms with Crippen LogP contribution in [0.2, 0.25) is 0 Å². The van der Waals surface area contributed by atoms with Crippen LogP contribution in [0, 0.1) is 5.92 Å². The van der Waals surface area contributed by atoms with Crippen molar-refractivity contribution in [1.29, 1.82) is 0 Å². The summed E-state index contributed by atoms with van der Waals surface area (Å²) in [5.41, 5.74) is 0.585. The molecule has 2 saturated heterocycles. The van der Waals surface area contributed by atoms with Crippen LogP contribution in [0.5, 0.6) is 0 Å². The average molecular weight is 500 g/mol. The van der Waals surface area contributed by atoms with Crippen molar-refractivity contribution < 1.29 is 14.4 Å². The van der Waals surface area contributed by atoms with Crippen LogP contribution in [0.25, 0.3) is 10.1 Å². The number of piperazine rings is 1. The van der Waals surface area contributed by atoms with Gasteiger partial charge in [-0.3, -0.25) is 19.8 Å². The number of likely N-dealkylation sites (tertiary alicyclic amines) is 1. The molecule has 2 aromatic rings. The van der Waals surface area contributed by atoms with Crippen LogP contribution < -0.4 is 10.6 Å². The number of urea groups is 1. The summed E-state index contributed by atoms with van der Waals surface area (Å²) in [6.07, 6.45) is 2.61. The first-order valence-corrected chi connectivity index (χ1v) is 13.6. The summed E-state index contributed by atoms with van der Waals surface area (Å²) in [7, 11) is 0. The molecule has 0 saturated carbocycles. The number of hydrogen-bond donors (Lipinski definition) is 2. The lowest BCUT2D eigenvalue weighted by Crippen LogP contribution is -2.54. The molecule has 8 nitrogen and oxygen atoms in total. The number of benzene rings is 1. The zero-order chi connectivity index (χ0) is 24.9. The molecule has 3 heterocycles. The molecule has 0 spiro atoms. The number of carbonyl (C=O) groups is 3. The minimum absolute atomic E-state index is 0.0250. The minimum Gasteiger partial charge on any atom is -0.343 e. The topological polar surface area (TPSA) is 85.0 Å². The Balaban J connectivity index is 1.37. The Hall–Kier alpha value is -2.65. The Morgan fingerprint density at radius 2 is 1.69 bits per heavy atom. The van der Waals surface area contributed by atoms with Crippen LogP contribution in [0.1, 0.15) is 50.4 Å². The third-order valence-corrected chi connectivity index (χ3v) is 7.98. The SMILES string of the molecule is CCNC(=O)Nc1sc2ccccc2c1C(=O)N1CCN(C2CCN(C(=O)CC(C)C)CC2)CC1. The number of hydrogen-bond acceptors (Lipinski definition) is 5. The first-order chi connectivity index (χ1) is 16.9. The van der Waals surface area contributed by atoms with E-state index in [-0.39, 0.29) is 17.8 Å². The number of fused-ring (bicyclic) bond motifs is 1. The van der Waals surface area contributed by atoms with Crippen LogP contribution in [0.15, 0.2) is 24.3 Å². The van der Waals surface area contributed by atoms with Gasteiger partial charge in [0.1, 0.15) is 5.00 Å². The number of nitrogens with one attached hydrogen (secondary N) is 2. The Bertz CT molecular complexity index is 1050. The van der Waals surface area contributed by atoms with Crippen molar-refractivity contribution in [2.24, 2.45) is 5.92 Å². The summed E-state index contributed by atoms with van der Waals surface area (Å²) in [4.78, 5) is 44.6. The van der Waals surface area contributed by atoms with Gasteiger partial charge in [-0.15, -0.1) is 11.3 Å². The van der Waals surface area contributed by atoms with E-state index in [1.54, 1.807) is 0 Å². The van der Waals surface area contributed by atoms with E-state index in [1.807, 2.05) is 41.0 Å². The molecule has 35 heavy (non-hydrogen) atoms. The van der Waals surface area contributed by atoms with Gasteiger partial charge in [0, 0.05) is 68.4 Å². The van der Waals surface area contributed by atoms with Crippen LogP contribution in [-0.2, 0) is 4.79 Å². The Labute approximate surface area is 211 Å². The Morgan fingerprint density at radius 1 is 1.00 bits per heavy atom. The van der Waals surface area contributed by atoms with E-state index in [0.29, 0.717) is 48.6 Å². The van der Waals surface area contributed by atoms with Gasteiger partial charge in [-0.05, 0) is 31.7 Å². The monoisotopic (exact) mass is 499 g/mol. The van der Waals surface area contributed by atoms with Gasteiger partial charge in [0.2, 0.25) is 5.91 Å². The van der Waals surface area contributed by atoms with Gasteiger partial charge in [0.15, 0.2) is 0 Å². The lowest BCUT2D eigenvalue weighted by atomic mass is 10.0. The zero-order valence-electron chi connectivity index (χ0n) is 21.0. The second kappa shape index (κ2) is 11.4. The van der Waals surface area contributed by atoms with Crippen molar-refractivity contribution in [2.75, 3.05) is 51.1 Å². The highest BCUT2D eigenvalue weighted by molar-refractivity contribution is 7.23. The van der Waals surface area contributed by atoms with E-state index in [9.17, 15) is 14.4 Å². The maximum absolute atomic E-state index is 13.6. The van der Waals surface area contributed by atoms with Gasteiger partial charge in [-0.1, -0.05) is 32.0 Å². The van der Waals surface area contributed by atoms with Gasteiger partial charge in [-0.2, -0.15) is 0 Å². The van der Waals surface area contributed by atoms with E-state index < -0.39 is 0 Å². The fourth-order valence-corrected chi connectivity index (χ4v) is 6.15. The maximum atomic E-state index is 13.6. The van der Waals surface area contributed by atoms with Crippen LogP contribution in [0.4, 0.5) is 9.80 Å². The number of piperidine rings is 1. The Morgan fingerprint density at radius 3 is 2.34 bits per heavy atom. The van der Waals surface area contributed by atoms with E-state index in [2.05, 4.69) is 29.4 Å². The lowest BCUT2D eigenvalue weighted by molar-refractivity contribution is -0.133. The third-order valence-electron chi connectivity index (χ3n) is 6.89. The molecule has 0 unspecified atom stereocenters. The van der Waals surface area contributed by atoms with Gasteiger partial charge in [0.25, 0.3) is 5.91 Å². The lowest BCUT2D eigenvalue weighted by Gasteiger charge is -2.43. The zero-order valence-corrected chi connectivity index (χ0v) is 21.8. The highest BCUT2D eigenvalue weighted by Gasteiger charge is 2.32. The number of amides is 4. The molecule has 0 atom stereocenters. The van der Waals surface area contributed by atoms with Crippen LogP contribution in [0.3, 0.4) is 0 Å². The standard InChI is InChI=1S/C26H37N5O3S/c1-4-27-26(34)28-24-23(20-7-5-6-8-21(20)35-24)25(33)31-15-13-29(14-16-31)19-9-11-30(12-10-19)22(32)17-18(2)3/h5-8,18-19H,4,9-17H2,1-3H3,(H2,27,28,34). The van der Waals surface area contributed by atoms with Gasteiger partial charge in [0.05, 0.1) is 5.56 Å². The molecular formula is C26H37N5O3S. The minimum atomic E-state index is -0.295. The number of carbonyl (C=O) groups excluding carboxylic acids is 3. The summed E-state index contributed by atoms with van der Waals surface area (Å²) in [5.74, 6) is 0.639. The molecule has 0 bridgehead atoms. The summed E-state index contributed by atoms with van der Waals surface area (Å²) in [5, 5.41) is 7.11. The second-order valence-electron chi connectivity index (χ2n) is 9.82. The molecule has 4 amide bonds. The summed E-state index contributed by atoms with van der Waals surface area (Å²) in [6, 6.07) is 7.98. The molecule has 4 rings (SSSR count). The summed E-state index contributed by atoms with van der Waals surface area (Å²) < 4.78 is 0.986. The number of rotatable bonds is 6. The number of thiophene rings is 1. The highest BCUT2D eigenvalue weighted by atomic mass is 32.1. The molecule has 0 aliphatic carbocycles. The largest absolute Gasteiger partial charge is 0.343 e. The molecule has 2 aliphatic heterocycles. The normalized spacial score (nSPS) is 17.7. The number of anilines is 1. The van der Waals surface area contributed by atoms with Crippen LogP contribution in [-0.4, -0.2) is 84.4 Å². The fourth-order valence-electron chi connectivity index (χ4n) is 5.06. The van der Waals surface area contributed by atoms with Crippen molar-refractivity contribution in [1.82, 2.24) is 20.0 Å². The summed E-state index contributed by atoms with van der Waals surface area (Å²) >= 11 is 1.44. The predicted octanol–water partition coefficient (Wildman–Crippen LogP) is 3.84. The van der Waals surface area contributed by atoms with E-state index >= 15 is 0 Å². The quantitative estimate of drug-likeness (QED) is 0.633. The Kier molecular flexibility index (Phi) is 8.28. The predicted molar refractivity (Wildman–Crippen MR) is 141 cm³/mol. The second-order valence-corrected chi connectivity index (χ2v) is 10.9.